The zero-order valence-electron chi connectivity index (χ0n) is 14.2. The highest BCUT2D eigenvalue weighted by atomic mass is 16.5. The van der Waals surface area contributed by atoms with Crippen LogP contribution in [-0.4, -0.2) is 54.8 Å². The quantitative estimate of drug-likeness (QED) is 0.878. The van der Waals surface area contributed by atoms with Gasteiger partial charge >= 0.3 is 0 Å². The van der Waals surface area contributed by atoms with Gasteiger partial charge in [-0.2, -0.15) is 0 Å². The average Bonchev–Trinajstić information content (AvgIpc) is 2.62. The van der Waals surface area contributed by atoms with Gasteiger partial charge in [-0.15, -0.1) is 0 Å². The first-order chi connectivity index (χ1) is 11.8. The van der Waals surface area contributed by atoms with Crippen molar-refractivity contribution in [1.29, 1.82) is 0 Å². The number of aryl methyl sites for hydroxylation is 1. The minimum Gasteiger partial charge on any atom is -0.492 e. The van der Waals surface area contributed by atoms with Crippen LogP contribution in [0.4, 0.5) is 5.82 Å². The van der Waals surface area contributed by atoms with Crippen LogP contribution in [0, 0.1) is 6.92 Å². The molecule has 1 fully saturated rings. The molecule has 128 valence electrons. The predicted octanol–water partition coefficient (Wildman–Crippen LogP) is 2.28. The van der Waals surface area contributed by atoms with Crippen LogP contribution in [0.25, 0.3) is 0 Å². The summed E-state index contributed by atoms with van der Waals surface area (Å²) in [5.41, 5.74) is 0.954. The van der Waals surface area contributed by atoms with Gasteiger partial charge in [-0.25, -0.2) is 9.97 Å². The second-order valence-corrected chi connectivity index (χ2v) is 5.79. The Balaban J connectivity index is 1.66. The third kappa shape index (κ3) is 4.21. The number of rotatable bonds is 6. The third-order valence-corrected chi connectivity index (χ3v) is 4.06. The topological polar surface area (TPSA) is 59.5 Å². The van der Waals surface area contributed by atoms with Crippen molar-refractivity contribution in [3.05, 3.63) is 47.9 Å². The predicted molar refractivity (Wildman–Crippen MR) is 93.4 cm³/mol. The number of aromatic nitrogens is 2. The summed E-state index contributed by atoms with van der Waals surface area (Å²) in [5.74, 6) is 2.54. The molecule has 1 unspecified atom stereocenters. The molecule has 6 nitrogen and oxygen atoms in total. The van der Waals surface area contributed by atoms with Gasteiger partial charge in [0.2, 0.25) is 0 Å². The minimum absolute atomic E-state index is 0.0603. The number of hydrogen-bond acceptors (Lipinski definition) is 6. The van der Waals surface area contributed by atoms with Crippen molar-refractivity contribution in [2.75, 3.05) is 45.3 Å². The molecule has 0 radical (unpaired) electrons. The van der Waals surface area contributed by atoms with Gasteiger partial charge in [-0.1, -0.05) is 18.2 Å². The van der Waals surface area contributed by atoms with Crippen molar-refractivity contribution < 1.29 is 9.47 Å². The van der Waals surface area contributed by atoms with E-state index in [0.29, 0.717) is 13.2 Å². The first kappa shape index (κ1) is 16.7. The number of anilines is 1. The summed E-state index contributed by atoms with van der Waals surface area (Å²) in [6, 6.07) is 11.9. The fraction of sp³-hybridized carbons (Fsp3) is 0.444. The second kappa shape index (κ2) is 8.08. The number of benzene rings is 1. The summed E-state index contributed by atoms with van der Waals surface area (Å²) in [6.07, 6.45) is 0. The maximum absolute atomic E-state index is 5.83. The average molecular weight is 328 g/mol. The normalized spacial score (nSPS) is 18.3. The van der Waals surface area contributed by atoms with Gasteiger partial charge < -0.3 is 14.8 Å². The molecule has 3 rings (SSSR count). The van der Waals surface area contributed by atoms with E-state index in [4.69, 9.17) is 9.47 Å². The monoisotopic (exact) mass is 328 g/mol. The first-order valence-corrected chi connectivity index (χ1v) is 8.29. The van der Waals surface area contributed by atoms with Crippen LogP contribution < -0.4 is 10.1 Å². The molecular formula is C18H24N4O2. The summed E-state index contributed by atoms with van der Waals surface area (Å²) in [6.45, 7) is 5.62. The van der Waals surface area contributed by atoms with Crippen molar-refractivity contribution in [1.82, 2.24) is 14.9 Å². The highest BCUT2D eigenvalue weighted by Gasteiger charge is 2.27. The molecular weight excluding hydrogens is 304 g/mol. The molecule has 2 heterocycles. The highest BCUT2D eigenvalue weighted by molar-refractivity contribution is 5.35. The molecule has 0 amide bonds. The lowest BCUT2D eigenvalue weighted by Gasteiger charge is -2.34. The van der Waals surface area contributed by atoms with Crippen molar-refractivity contribution in [3.8, 4) is 5.75 Å². The Morgan fingerprint density at radius 1 is 1.29 bits per heavy atom. The van der Waals surface area contributed by atoms with Crippen LogP contribution in [-0.2, 0) is 4.74 Å². The summed E-state index contributed by atoms with van der Waals surface area (Å²) >= 11 is 0. The summed E-state index contributed by atoms with van der Waals surface area (Å²) in [4.78, 5) is 11.5. The van der Waals surface area contributed by atoms with Gasteiger partial charge in [0.05, 0.1) is 19.3 Å². The molecule has 6 heteroatoms. The standard InChI is InChI=1S/C18H24N4O2/c1-14-12-17(19-2)21-18(20-14)16-13-23-10-8-22(16)9-11-24-15-6-4-3-5-7-15/h3-7,12,16H,8-11,13H2,1-2H3,(H,19,20,21). The van der Waals surface area contributed by atoms with E-state index in [1.807, 2.05) is 50.4 Å². The number of para-hydroxylation sites is 1. The molecule has 1 atom stereocenters. The zero-order valence-corrected chi connectivity index (χ0v) is 14.2. The Morgan fingerprint density at radius 3 is 2.92 bits per heavy atom. The third-order valence-electron chi connectivity index (χ3n) is 4.06. The van der Waals surface area contributed by atoms with Crippen molar-refractivity contribution in [3.63, 3.8) is 0 Å². The highest BCUT2D eigenvalue weighted by Crippen LogP contribution is 2.22. The van der Waals surface area contributed by atoms with E-state index in [1.54, 1.807) is 0 Å². The Kier molecular flexibility index (Phi) is 5.61. The Morgan fingerprint density at radius 2 is 2.12 bits per heavy atom. The van der Waals surface area contributed by atoms with E-state index in [2.05, 4.69) is 20.2 Å². The van der Waals surface area contributed by atoms with E-state index >= 15 is 0 Å². The molecule has 1 aliphatic heterocycles. The zero-order chi connectivity index (χ0) is 16.8. The largest absolute Gasteiger partial charge is 0.492 e. The van der Waals surface area contributed by atoms with Gasteiger partial charge in [0, 0.05) is 31.9 Å². The lowest BCUT2D eigenvalue weighted by Crippen LogP contribution is -2.42. The number of ether oxygens (including phenoxy) is 2. The fourth-order valence-electron chi connectivity index (χ4n) is 2.81. The molecule has 0 spiro atoms. The molecule has 1 aliphatic rings. The van der Waals surface area contributed by atoms with Crippen LogP contribution >= 0.6 is 0 Å². The van der Waals surface area contributed by atoms with Crippen molar-refractivity contribution >= 4 is 5.82 Å². The van der Waals surface area contributed by atoms with E-state index in [9.17, 15) is 0 Å². The Hall–Kier alpha value is -2.18. The van der Waals surface area contributed by atoms with Gasteiger partial charge in [-0.05, 0) is 19.1 Å². The lowest BCUT2D eigenvalue weighted by atomic mass is 10.2. The minimum atomic E-state index is 0.0603. The van der Waals surface area contributed by atoms with E-state index in [-0.39, 0.29) is 6.04 Å². The van der Waals surface area contributed by atoms with Crippen LogP contribution in [0.1, 0.15) is 17.6 Å². The molecule has 24 heavy (non-hydrogen) atoms. The molecule has 2 aromatic rings. The molecule has 0 saturated carbocycles. The van der Waals surface area contributed by atoms with Gasteiger partial charge in [0.25, 0.3) is 0 Å². The SMILES string of the molecule is CNc1cc(C)nc(C2COCCN2CCOc2ccccc2)n1. The van der Waals surface area contributed by atoms with Crippen molar-refractivity contribution in [2.24, 2.45) is 0 Å². The molecule has 1 N–H and O–H groups in total. The summed E-state index contributed by atoms with van der Waals surface area (Å²) < 4.78 is 11.5. The number of nitrogens with one attached hydrogen (secondary N) is 1. The molecule has 0 bridgehead atoms. The summed E-state index contributed by atoms with van der Waals surface area (Å²) in [7, 11) is 1.87. The number of nitrogens with zero attached hydrogens (tertiary/aromatic N) is 3. The molecule has 0 aliphatic carbocycles. The molecule has 1 aromatic carbocycles. The van der Waals surface area contributed by atoms with Crippen LogP contribution in [0.2, 0.25) is 0 Å². The Bertz CT molecular complexity index is 651. The van der Waals surface area contributed by atoms with E-state index in [0.717, 1.165) is 42.8 Å². The van der Waals surface area contributed by atoms with Gasteiger partial charge in [0.1, 0.15) is 24.0 Å². The van der Waals surface area contributed by atoms with Crippen LogP contribution in [0.5, 0.6) is 5.75 Å². The second-order valence-electron chi connectivity index (χ2n) is 5.79. The van der Waals surface area contributed by atoms with Crippen LogP contribution in [0.3, 0.4) is 0 Å². The maximum Gasteiger partial charge on any atom is 0.150 e. The van der Waals surface area contributed by atoms with Crippen molar-refractivity contribution in [2.45, 2.75) is 13.0 Å². The summed E-state index contributed by atoms with van der Waals surface area (Å²) in [5, 5.41) is 3.09. The first-order valence-electron chi connectivity index (χ1n) is 8.29. The van der Waals surface area contributed by atoms with Gasteiger partial charge in [0.15, 0.2) is 0 Å². The molecule has 1 aromatic heterocycles. The smallest absolute Gasteiger partial charge is 0.150 e. The number of hydrogen-bond donors (Lipinski definition) is 1. The van der Waals surface area contributed by atoms with Crippen LogP contribution in [0.15, 0.2) is 36.4 Å². The lowest BCUT2D eigenvalue weighted by molar-refractivity contribution is -0.0163. The van der Waals surface area contributed by atoms with Gasteiger partial charge in [-0.3, -0.25) is 4.90 Å². The Labute approximate surface area is 142 Å². The molecule has 1 saturated heterocycles. The van der Waals surface area contributed by atoms with E-state index in [1.165, 1.54) is 0 Å². The number of morpholine rings is 1. The fourth-order valence-corrected chi connectivity index (χ4v) is 2.81. The maximum atomic E-state index is 5.83. The van der Waals surface area contributed by atoms with E-state index < -0.39 is 0 Å².